The smallest absolute Gasteiger partial charge is 0.407 e. The molecule has 7 heteroatoms. The van der Waals surface area contributed by atoms with Crippen molar-refractivity contribution in [3.8, 4) is 11.1 Å². The predicted molar refractivity (Wildman–Crippen MR) is 124 cm³/mol. The molecule has 1 aliphatic carbocycles. The van der Waals surface area contributed by atoms with Crippen LogP contribution in [0.5, 0.6) is 0 Å². The first kappa shape index (κ1) is 22.8. The molecular formula is C26H30N2O5. The van der Waals surface area contributed by atoms with Gasteiger partial charge in [-0.2, -0.15) is 0 Å². The van der Waals surface area contributed by atoms with E-state index in [-0.39, 0.29) is 24.9 Å². The molecule has 2 aromatic rings. The normalized spacial score (nSPS) is 18.2. The van der Waals surface area contributed by atoms with Crippen molar-refractivity contribution in [3.63, 3.8) is 0 Å². The van der Waals surface area contributed by atoms with Crippen LogP contribution in [0.3, 0.4) is 0 Å². The van der Waals surface area contributed by atoms with E-state index in [2.05, 4.69) is 29.6 Å². The van der Waals surface area contributed by atoms with E-state index >= 15 is 0 Å². The number of carboxylic acid groups (broad SMARTS) is 1. The van der Waals surface area contributed by atoms with Gasteiger partial charge in [0.15, 0.2) is 0 Å². The number of benzene rings is 2. The van der Waals surface area contributed by atoms with Gasteiger partial charge in [0, 0.05) is 24.9 Å². The van der Waals surface area contributed by atoms with Crippen molar-refractivity contribution in [1.82, 2.24) is 10.2 Å². The molecule has 1 heterocycles. The summed E-state index contributed by atoms with van der Waals surface area (Å²) < 4.78 is 5.59. The number of alkyl carbamates (subject to hydrolysis) is 1. The van der Waals surface area contributed by atoms with Crippen LogP contribution in [0.25, 0.3) is 11.1 Å². The van der Waals surface area contributed by atoms with Crippen LogP contribution in [-0.4, -0.2) is 53.2 Å². The maximum absolute atomic E-state index is 12.8. The van der Waals surface area contributed by atoms with Crippen LogP contribution in [-0.2, 0) is 14.3 Å². The van der Waals surface area contributed by atoms with Gasteiger partial charge in [0.1, 0.15) is 12.6 Å². The zero-order valence-corrected chi connectivity index (χ0v) is 18.8. The number of ether oxygens (including phenoxy) is 1. The molecule has 2 aliphatic rings. The van der Waals surface area contributed by atoms with E-state index in [1.54, 1.807) is 0 Å². The van der Waals surface area contributed by atoms with E-state index in [1.165, 1.54) is 4.90 Å². The minimum absolute atomic E-state index is 0.0328. The fourth-order valence-electron chi connectivity index (χ4n) is 4.92. The van der Waals surface area contributed by atoms with E-state index in [0.717, 1.165) is 35.1 Å². The van der Waals surface area contributed by atoms with E-state index in [9.17, 15) is 19.5 Å². The van der Waals surface area contributed by atoms with Crippen LogP contribution in [0.2, 0.25) is 0 Å². The molecule has 1 unspecified atom stereocenters. The van der Waals surface area contributed by atoms with Crippen molar-refractivity contribution in [2.45, 2.75) is 57.0 Å². The monoisotopic (exact) mass is 450 g/mol. The standard InChI is InChI=1S/C26H30N2O5/c1-2-17(15-24(29)28-14-8-7-13-23(28)25(30)31)27-26(32)33-16-22-20-11-5-3-9-18(20)19-10-4-6-12-21(19)22/h3-6,9-12,17,22-23H,2,7-8,13-16H2,1H3,(H,27,32)(H,30,31)/t17-,23?/m0/s1. The van der Waals surface area contributed by atoms with Gasteiger partial charge in [0.25, 0.3) is 0 Å². The Labute approximate surface area is 193 Å². The van der Waals surface area contributed by atoms with E-state index in [4.69, 9.17) is 4.74 Å². The minimum atomic E-state index is -0.972. The van der Waals surface area contributed by atoms with E-state index in [1.807, 2.05) is 31.2 Å². The van der Waals surface area contributed by atoms with E-state index < -0.39 is 24.1 Å². The first-order chi connectivity index (χ1) is 16.0. The Morgan fingerprint density at radius 1 is 1.06 bits per heavy atom. The third-order valence-electron chi connectivity index (χ3n) is 6.69. The first-order valence-corrected chi connectivity index (χ1v) is 11.6. The molecule has 1 aliphatic heterocycles. The summed E-state index contributed by atoms with van der Waals surface area (Å²) in [7, 11) is 0. The lowest BCUT2D eigenvalue weighted by atomic mass is 9.98. The fraction of sp³-hybridized carbons (Fsp3) is 0.423. The highest BCUT2D eigenvalue weighted by Crippen LogP contribution is 2.44. The van der Waals surface area contributed by atoms with Gasteiger partial charge in [-0.15, -0.1) is 0 Å². The third-order valence-corrected chi connectivity index (χ3v) is 6.69. The molecule has 33 heavy (non-hydrogen) atoms. The number of aliphatic carboxylic acids is 1. The lowest BCUT2D eigenvalue weighted by Gasteiger charge is -2.34. The summed E-state index contributed by atoms with van der Waals surface area (Å²) in [5, 5.41) is 12.2. The number of fused-ring (bicyclic) bond motifs is 3. The summed E-state index contributed by atoms with van der Waals surface area (Å²) in [4.78, 5) is 38.3. The summed E-state index contributed by atoms with van der Waals surface area (Å²) in [6, 6.07) is 15.1. The number of carbonyl (C=O) groups is 3. The summed E-state index contributed by atoms with van der Waals surface area (Å²) >= 11 is 0. The maximum Gasteiger partial charge on any atom is 0.407 e. The Balaban J connectivity index is 1.35. The van der Waals surface area contributed by atoms with Crippen molar-refractivity contribution in [1.29, 1.82) is 0 Å². The zero-order chi connectivity index (χ0) is 23.4. The number of carboxylic acids is 1. The Hall–Kier alpha value is -3.35. The van der Waals surface area contributed by atoms with Crippen LogP contribution in [0.15, 0.2) is 48.5 Å². The lowest BCUT2D eigenvalue weighted by molar-refractivity contribution is -0.152. The molecule has 0 aromatic heterocycles. The average Bonchev–Trinajstić information content (AvgIpc) is 3.16. The average molecular weight is 451 g/mol. The van der Waals surface area contributed by atoms with E-state index in [0.29, 0.717) is 19.4 Å². The molecule has 4 rings (SSSR count). The number of nitrogens with zero attached hydrogens (tertiary/aromatic N) is 1. The van der Waals surface area contributed by atoms with Crippen molar-refractivity contribution >= 4 is 18.0 Å². The summed E-state index contributed by atoms with van der Waals surface area (Å²) in [6.07, 6.45) is 2.11. The van der Waals surface area contributed by atoms with Gasteiger partial charge in [-0.1, -0.05) is 55.5 Å². The number of nitrogens with one attached hydrogen (secondary N) is 1. The van der Waals surface area contributed by atoms with Crippen molar-refractivity contribution in [3.05, 3.63) is 59.7 Å². The van der Waals surface area contributed by atoms with Crippen LogP contribution in [0.4, 0.5) is 4.79 Å². The summed E-state index contributed by atoms with van der Waals surface area (Å²) in [5.74, 6) is -1.25. The molecule has 0 spiro atoms. The van der Waals surface area contributed by atoms with Crippen molar-refractivity contribution in [2.24, 2.45) is 0 Å². The topological polar surface area (TPSA) is 95.9 Å². The largest absolute Gasteiger partial charge is 0.480 e. The Kier molecular flexibility index (Phi) is 6.96. The second kappa shape index (κ2) is 10.1. The Morgan fingerprint density at radius 2 is 1.70 bits per heavy atom. The number of carbonyl (C=O) groups excluding carboxylic acids is 2. The molecule has 0 bridgehead atoms. The molecule has 1 fully saturated rings. The number of hydrogen-bond acceptors (Lipinski definition) is 4. The Morgan fingerprint density at radius 3 is 2.30 bits per heavy atom. The molecule has 174 valence electrons. The fourth-order valence-corrected chi connectivity index (χ4v) is 4.92. The first-order valence-electron chi connectivity index (χ1n) is 11.6. The molecular weight excluding hydrogens is 420 g/mol. The summed E-state index contributed by atoms with van der Waals surface area (Å²) in [5.41, 5.74) is 4.60. The SMILES string of the molecule is CC[C@@H](CC(=O)N1CCCCC1C(=O)O)NC(=O)OCC1c2ccccc2-c2ccccc21. The zero-order valence-electron chi connectivity index (χ0n) is 18.8. The predicted octanol–water partition coefficient (Wildman–Crippen LogP) is 4.16. The number of piperidine rings is 1. The molecule has 2 amide bonds. The van der Waals surface area contributed by atoms with Gasteiger partial charge < -0.3 is 20.1 Å². The van der Waals surface area contributed by atoms with Crippen LogP contribution >= 0.6 is 0 Å². The van der Waals surface area contributed by atoms with Gasteiger partial charge in [-0.3, -0.25) is 4.79 Å². The maximum atomic E-state index is 12.8. The van der Waals surface area contributed by atoms with Gasteiger partial charge in [-0.05, 0) is 47.9 Å². The van der Waals surface area contributed by atoms with Gasteiger partial charge >= 0.3 is 12.1 Å². The van der Waals surface area contributed by atoms with Gasteiger partial charge in [0.2, 0.25) is 5.91 Å². The highest BCUT2D eigenvalue weighted by Gasteiger charge is 2.33. The number of hydrogen-bond donors (Lipinski definition) is 2. The van der Waals surface area contributed by atoms with Gasteiger partial charge in [0.05, 0.1) is 0 Å². The summed E-state index contributed by atoms with van der Waals surface area (Å²) in [6.45, 7) is 2.53. The highest BCUT2D eigenvalue weighted by molar-refractivity contribution is 5.84. The lowest BCUT2D eigenvalue weighted by Crippen LogP contribution is -2.50. The second-order valence-corrected chi connectivity index (χ2v) is 8.72. The molecule has 2 aromatic carbocycles. The molecule has 2 atom stereocenters. The Bertz CT molecular complexity index is 991. The van der Waals surface area contributed by atoms with Crippen molar-refractivity contribution in [2.75, 3.05) is 13.2 Å². The highest BCUT2D eigenvalue weighted by atomic mass is 16.5. The minimum Gasteiger partial charge on any atom is -0.480 e. The molecule has 0 radical (unpaired) electrons. The molecule has 7 nitrogen and oxygen atoms in total. The van der Waals surface area contributed by atoms with Crippen LogP contribution in [0, 0.1) is 0 Å². The second-order valence-electron chi connectivity index (χ2n) is 8.72. The number of rotatable bonds is 7. The van der Waals surface area contributed by atoms with Crippen LogP contribution in [0.1, 0.15) is 56.1 Å². The van der Waals surface area contributed by atoms with Gasteiger partial charge in [-0.25, -0.2) is 9.59 Å². The quantitative estimate of drug-likeness (QED) is 0.660. The van der Waals surface area contributed by atoms with Crippen LogP contribution < -0.4 is 5.32 Å². The number of likely N-dealkylation sites (tertiary alicyclic amines) is 1. The third kappa shape index (κ3) is 4.87. The molecule has 2 N–H and O–H groups in total. The number of amides is 2. The van der Waals surface area contributed by atoms with Crippen molar-refractivity contribution < 1.29 is 24.2 Å². The molecule has 1 saturated heterocycles. The molecule has 0 saturated carbocycles.